The van der Waals surface area contributed by atoms with Gasteiger partial charge >= 0.3 is 0 Å². The third-order valence-electron chi connectivity index (χ3n) is 8.82. The molecule has 2 amide bonds. The number of para-hydroxylation sites is 1. The summed E-state index contributed by atoms with van der Waals surface area (Å²) in [6.07, 6.45) is 2.61. The number of amides is 2. The van der Waals surface area contributed by atoms with Gasteiger partial charge in [-0.1, -0.05) is 97.0 Å². The Morgan fingerprint density at radius 1 is 0.846 bits per heavy atom. The van der Waals surface area contributed by atoms with E-state index in [2.05, 4.69) is 50.4 Å². The van der Waals surface area contributed by atoms with Gasteiger partial charge in [0.05, 0.1) is 24.5 Å². The Kier molecular flexibility index (Phi) is 13.2. The second-order valence-corrected chi connectivity index (χ2v) is 13.8. The van der Waals surface area contributed by atoms with Crippen molar-refractivity contribution in [3.8, 4) is 16.8 Å². The number of aromatic nitrogens is 4. The second-order valence-electron chi connectivity index (χ2n) is 12.8. The normalized spacial score (nSPS) is 17.1. The number of aliphatic hydroxyl groups excluding tert-OH is 1. The number of carbonyl (C=O) groups is 2. The van der Waals surface area contributed by atoms with Crippen LogP contribution in [0.1, 0.15) is 73.7 Å². The van der Waals surface area contributed by atoms with Gasteiger partial charge in [-0.15, -0.1) is 5.10 Å². The van der Waals surface area contributed by atoms with Gasteiger partial charge in [-0.25, -0.2) is 0 Å². The zero-order valence-electron chi connectivity index (χ0n) is 29.2. The van der Waals surface area contributed by atoms with E-state index in [0.717, 1.165) is 58.3 Å². The lowest BCUT2D eigenvalue weighted by molar-refractivity contribution is -0.245. The highest BCUT2D eigenvalue weighted by Gasteiger charge is 2.33. The minimum atomic E-state index is -0.618. The maximum atomic E-state index is 12.5. The van der Waals surface area contributed by atoms with E-state index in [0.29, 0.717) is 36.8 Å². The molecule has 1 aliphatic heterocycles. The number of hydrogen-bond acceptors (Lipinski definition) is 9. The second kappa shape index (κ2) is 18.6. The minimum absolute atomic E-state index is 0.0170. The van der Waals surface area contributed by atoms with Crippen molar-refractivity contribution in [2.24, 2.45) is 0 Å². The molecule has 5 aromatic rings. The fourth-order valence-electron chi connectivity index (χ4n) is 6.06. The molecule has 0 bridgehead atoms. The quantitative estimate of drug-likeness (QED) is 0.0773. The van der Waals surface area contributed by atoms with Crippen LogP contribution in [0.5, 0.6) is 0 Å². The number of nitrogens with zero attached hydrogens (tertiary/aromatic N) is 4. The fraction of sp³-hybridized carbons (Fsp3) is 0.325. The number of unbranched alkanes of at least 4 members (excludes halogenated alkanes) is 2. The summed E-state index contributed by atoms with van der Waals surface area (Å²) in [6.45, 7) is 2.57. The molecule has 4 aromatic carbocycles. The molecule has 1 fully saturated rings. The summed E-state index contributed by atoms with van der Waals surface area (Å²) in [5.41, 5.74) is 6.70. The lowest BCUT2D eigenvalue weighted by Crippen LogP contribution is -2.31. The predicted octanol–water partition coefficient (Wildman–Crippen LogP) is 6.47. The molecule has 6 rings (SSSR count). The molecule has 1 aromatic heterocycles. The molecule has 1 saturated heterocycles. The summed E-state index contributed by atoms with van der Waals surface area (Å²) in [5, 5.41) is 28.5. The van der Waals surface area contributed by atoms with Crippen molar-refractivity contribution in [3.63, 3.8) is 0 Å². The van der Waals surface area contributed by atoms with Crippen molar-refractivity contribution in [1.82, 2.24) is 30.8 Å². The predicted molar refractivity (Wildman–Crippen MR) is 199 cm³/mol. The molecule has 0 radical (unpaired) electrons. The summed E-state index contributed by atoms with van der Waals surface area (Å²) in [6, 6.07) is 34.0. The Balaban J connectivity index is 1.12. The summed E-state index contributed by atoms with van der Waals surface area (Å²) in [4.78, 5) is 23.5. The first-order valence-corrected chi connectivity index (χ1v) is 18.6. The number of benzene rings is 4. The van der Waals surface area contributed by atoms with Crippen molar-refractivity contribution >= 4 is 23.6 Å². The maximum absolute atomic E-state index is 12.5. The monoisotopic (exact) mass is 720 g/mol. The van der Waals surface area contributed by atoms with Crippen molar-refractivity contribution in [3.05, 3.63) is 125 Å². The molecule has 2 heterocycles. The number of ether oxygens (including phenoxy) is 2. The zero-order chi connectivity index (χ0) is 36.1. The summed E-state index contributed by atoms with van der Waals surface area (Å²) in [5.74, 6) is 0.600. The Hall–Kier alpha value is -4.88. The van der Waals surface area contributed by atoms with E-state index >= 15 is 0 Å². The van der Waals surface area contributed by atoms with E-state index in [1.54, 1.807) is 16.4 Å². The molecule has 1 aliphatic rings. The Morgan fingerprint density at radius 2 is 1.63 bits per heavy atom. The van der Waals surface area contributed by atoms with E-state index < -0.39 is 6.29 Å². The van der Waals surface area contributed by atoms with E-state index in [4.69, 9.17) is 9.47 Å². The molecular weight excluding hydrogens is 677 g/mol. The van der Waals surface area contributed by atoms with E-state index in [1.165, 1.54) is 6.92 Å². The van der Waals surface area contributed by atoms with Crippen molar-refractivity contribution in [1.29, 1.82) is 0 Å². The number of nitrogens with one attached hydrogen (secondary N) is 2. The molecule has 12 heteroatoms. The largest absolute Gasteiger partial charge is 0.392 e. The average Bonchev–Trinajstić information content (AvgIpc) is 3.67. The first-order chi connectivity index (χ1) is 25.4. The van der Waals surface area contributed by atoms with Crippen LogP contribution < -0.4 is 10.6 Å². The van der Waals surface area contributed by atoms with Crippen LogP contribution in [0.3, 0.4) is 0 Å². The molecule has 3 atom stereocenters. The molecular formula is C40H44N6O5S. The smallest absolute Gasteiger partial charge is 0.220 e. The number of tetrazole rings is 1. The Labute approximate surface area is 308 Å². The highest BCUT2D eigenvalue weighted by molar-refractivity contribution is 7.99. The zero-order valence-corrected chi connectivity index (χ0v) is 30.0. The van der Waals surface area contributed by atoms with Crippen LogP contribution in [0.2, 0.25) is 0 Å². The minimum Gasteiger partial charge on any atom is -0.392 e. The van der Waals surface area contributed by atoms with Crippen molar-refractivity contribution in [2.45, 2.75) is 75.8 Å². The molecule has 11 nitrogen and oxygen atoms in total. The Morgan fingerprint density at radius 3 is 2.42 bits per heavy atom. The SMILES string of the molecule is CC(=O)NCCCCCC(=O)NCc1cccc(-c2cccc([C@H]3O[C@@H](CSc4nnnn4-c4ccccc4)C[C@@H](c4ccc(CO)cc4)O3)c2)c1. The molecule has 3 N–H and O–H groups in total. The molecule has 52 heavy (non-hydrogen) atoms. The standard InChI is InChI=1S/C40H44N6O5S/c1-28(48)41-21-7-3-6-16-38(49)42-25-30-10-8-11-32(22-30)33-12-9-13-34(23-33)39-50-36(24-37(51-39)31-19-17-29(26-47)18-20-31)27-52-40-43-44-45-46(40)35-14-4-2-5-15-35/h2,4-5,8-15,17-20,22-23,36-37,39,47H,3,6-7,16,21,24-27H2,1H3,(H,41,48)(H,42,49)/t36-,37+,39+/m1/s1. The number of thioether (sulfide) groups is 1. The third kappa shape index (κ3) is 10.3. The van der Waals surface area contributed by atoms with Gasteiger partial charge in [-0.2, -0.15) is 4.68 Å². The summed E-state index contributed by atoms with van der Waals surface area (Å²) < 4.78 is 15.0. The van der Waals surface area contributed by atoms with Gasteiger partial charge in [0.2, 0.25) is 17.0 Å². The van der Waals surface area contributed by atoms with Crippen LogP contribution >= 0.6 is 11.8 Å². The van der Waals surface area contributed by atoms with E-state index in [9.17, 15) is 14.7 Å². The van der Waals surface area contributed by atoms with Crippen LogP contribution in [0, 0.1) is 0 Å². The lowest BCUT2D eigenvalue weighted by atomic mass is 9.99. The van der Waals surface area contributed by atoms with Crippen molar-refractivity contribution in [2.75, 3.05) is 12.3 Å². The number of rotatable bonds is 16. The van der Waals surface area contributed by atoms with Crippen LogP contribution in [-0.2, 0) is 32.2 Å². The fourth-order valence-corrected chi connectivity index (χ4v) is 6.96. The summed E-state index contributed by atoms with van der Waals surface area (Å²) >= 11 is 1.54. The van der Waals surface area contributed by atoms with Crippen LogP contribution in [0.15, 0.2) is 108 Å². The average molecular weight is 721 g/mol. The third-order valence-corrected chi connectivity index (χ3v) is 9.87. The Bertz CT molecular complexity index is 1900. The number of aliphatic hydroxyl groups is 1. The lowest BCUT2D eigenvalue weighted by Gasteiger charge is -2.36. The van der Waals surface area contributed by atoms with Crippen LogP contribution in [-0.4, -0.2) is 55.5 Å². The van der Waals surface area contributed by atoms with Gasteiger partial charge in [0, 0.05) is 44.2 Å². The molecule has 0 unspecified atom stereocenters. The summed E-state index contributed by atoms with van der Waals surface area (Å²) in [7, 11) is 0. The highest BCUT2D eigenvalue weighted by Crippen LogP contribution is 2.40. The molecule has 0 spiro atoms. The van der Waals surface area contributed by atoms with Gasteiger partial charge < -0.3 is 25.2 Å². The highest BCUT2D eigenvalue weighted by atomic mass is 32.2. The van der Waals surface area contributed by atoms with Crippen LogP contribution in [0.25, 0.3) is 16.8 Å². The number of carbonyl (C=O) groups excluding carboxylic acids is 2. The topological polar surface area (TPSA) is 140 Å². The molecule has 0 saturated carbocycles. The van der Waals surface area contributed by atoms with Gasteiger partial charge in [0.1, 0.15) is 0 Å². The first kappa shape index (κ1) is 36.9. The first-order valence-electron chi connectivity index (χ1n) is 17.6. The maximum Gasteiger partial charge on any atom is 0.220 e. The van der Waals surface area contributed by atoms with Gasteiger partial charge in [0.15, 0.2) is 6.29 Å². The van der Waals surface area contributed by atoms with Crippen LogP contribution in [0.4, 0.5) is 0 Å². The number of hydrogen-bond donors (Lipinski definition) is 3. The van der Waals surface area contributed by atoms with Gasteiger partial charge in [-0.05, 0) is 75.4 Å². The molecule has 0 aliphatic carbocycles. The van der Waals surface area contributed by atoms with E-state index in [-0.39, 0.29) is 30.6 Å². The van der Waals surface area contributed by atoms with Gasteiger partial charge in [0.25, 0.3) is 0 Å². The van der Waals surface area contributed by atoms with E-state index in [1.807, 2.05) is 78.9 Å². The van der Waals surface area contributed by atoms with Crippen molar-refractivity contribution < 1.29 is 24.2 Å². The molecule has 270 valence electrons. The van der Waals surface area contributed by atoms with Gasteiger partial charge in [-0.3, -0.25) is 9.59 Å².